The van der Waals surface area contributed by atoms with Gasteiger partial charge in [-0.2, -0.15) is 26.3 Å². The molecule has 13 nitrogen and oxygen atoms in total. The van der Waals surface area contributed by atoms with E-state index in [9.17, 15) is 50.6 Å². The summed E-state index contributed by atoms with van der Waals surface area (Å²) >= 11 is 0. The Morgan fingerprint density at radius 1 is 0.529 bits per heavy atom. The third-order valence-corrected chi connectivity index (χ3v) is 16.6. The van der Waals surface area contributed by atoms with E-state index in [2.05, 4.69) is 19.8 Å². The first-order chi connectivity index (χ1) is 40.5. The Bertz CT molecular complexity index is 3570. The molecule has 2 saturated heterocycles. The topological polar surface area (TPSA) is 166 Å². The maximum absolute atomic E-state index is 14.0. The van der Waals surface area contributed by atoms with E-state index in [1.165, 1.54) is 31.4 Å². The number of aliphatic carboxylic acids is 1. The molecule has 20 heteroatoms. The predicted molar refractivity (Wildman–Crippen MR) is 315 cm³/mol. The van der Waals surface area contributed by atoms with Gasteiger partial charge in [0.15, 0.2) is 11.6 Å². The van der Waals surface area contributed by atoms with Gasteiger partial charge in [0, 0.05) is 126 Å². The number of pyridine rings is 2. The van der Waals surface area contributed by atoms with E-state index in [0.29, 0.717) is 75.9 Å². The molecule has 4 heterocycles. The number of rotatable bonds is 18. The molecule has 0 atom stereocenters. The number of carbonyl (C=O) groups is 4. The van der Waals surface area contributed by atoms with Crippen LogP contribution < -0.4 is 18.9 Å². The number of carboxylic acid groups (broad SMARTS) is 1. The minimum atomic E-state index is -4.55. The monoisotopic (exact) mass is 1190 g/mol. The maximum atomic E-state index is 14.0. The first-order valence-corrected chi connectivity index (χ1v) is 28.6. The number of hydrogen-bond acceptors (Lipinski definition) is 12. The maximum Gasteiger partial charge on any atom is 1.00 e. The van der Waals surface area contributed by atoms with Crippen LogP contribution in [0.2, 0.25) is 0 Å². The molecule has 0 radical (unpaired) electrons. The number of ether oxygens (including phenoxy) is 1. The van der Waals surface area contributed by atoms with E-state index in [1.54, 1.807) is 12.3 Å². The number of carbonyl (C=O) groups excluding carboxylic acids is 3. The van der Waals surface area contributed by atoms with Crippen LogP contribution in [0.3, 0.4) is 0 Å². The molecule has 4 aliphatic rings. The van der Waals surface area contributed by atoms with Crippen molar-refractivity contribution < 1.29 is 79.7 Å². The van der Waals surface area contributed by atoms with Crippen LogP contribution in [-0.4, -0.2) is 137 Å². The van der Waals surface area contributed by atoms with Crippen LogP contribution in [0.25, 0.3) is 12.2 Å². The van der Waals surface area contributed by atoms with Gasteiger partial charge in [0.25, 0.3) is 0 Å². The number of ketones is 2. The first kappa shape index (κ1) is 67.4. The number of aryl methyl sites for hydroxylation is 6. The van der Waals surface area contributed by atoms with Crippen molar-refractivity contribution in [3.05, 3.63) is 209 Å². The fourth-order valence-electron chi connectivity index (χ4n) is 11.3. The van der Waals surface area contributed by atoms with Crippen LogP contribution in [0, 0.1) is 13.8 Å². The number of fused-ring (bicyclic) bond motifs is 2. The normalized spacial score (nSPS) is 15.4. The van der Waals surface area contributed by atoms with Crippen molar-refractivity contribution >= 4 is 35.7 Å². The number of aromatic nitrogens is 2. The van der Waals surface area contributed by atoms with Gasteiger partial charge in [-0.15, -0.1) is 0 Å². The van der Waals surface area contributed by atoms with Gasteiger partial charge in [-0.1, -0.05) is 60.7 Å². The zero-order valence-electron chi connectivity index (χ0n) is 50.0. The van der Waals surface area contributed by atoms with Crippen molar-refractivity contribution in [3.63, 3.8) is 0 Å². The smallest absolute Gasteiger partial charge is 0.870 e. The Morgan fingerprint density at radius 2 is 0.931 bits per heavy atom. The summed E-state index contributed by atoms with van der Waals surface area (Å²) in [5.41, 5.74) is 11.1. The van der Waals surface area contributed by atoms with Gasteiger partial charge >= 0.3 is 43.2 Å². The molecule has 2 aliphatic heterocycles. The van der Waals surface area contributed by atoms with Crippen LogP contribution in [0.5, 0.6) is 0 Å². The molecule has 2 N–H and O–H groups in total. The van der Waals surface area contributed by atoms with E-state index in [1.807, 2.05) is 98.5 Å². The van der Waals surface area contributed by atoms with Crippen molar-refractivity contribution in [2.75, 3.05) is 73.6 Å². The Kier molecular flexibility index (Phi) is 22.7. The molecule has 0 amide bonds. The standard InChI is InChI=1S/C34H36F3N3O3.C33H34F3N3O3.Li.H2O/c1-22-4-5-23(14-25(22)7-6-24-15-28-17-29(33(42)43-3)19-31(28)38-20-24)16-32(41)26-8-9-27(30(18-26)34(35,36)37)21-40-12-10-39(2)11-13-40;1-21-3-4-22(13-24(21)6-5-23-14-27-16-28(32(41)42)18-30(27)37-19-23)15-31(40)25-7-8-26(29(17-25)33(34,35)36)20-39-11-9-38(2)10-12-39;;/h4-5,8-9,14-15,17-18,20H,6-7,10-13,16,19,21H2,1-3H3;3-4,7-8,13-14,16-17,19H,5-6,9-12,15,18,20H2,1-2H3,(H,41,42);;1H2/q;;+1;/p-1. The molecule has 2 fully saturated rings. The zero-order valence-corrected chi connectivity index (χ0v) is 50.0. The number of nitrogens with zero attached hydrogens (tertiary/aromatic N) is 6. The Balaban J connectivity index is 0.000000243. The van der Waals surface area contributed by atoms with Crippen LogP contribution in [-0.2, 0) is 91.1 Å². The number of methoxy groups -OCH3 is 1. The second-order valence-electron chi connectivity index (χ2n) is 22.9. The van der Waals surface area contributed by atoms with E-state index in [4.69, 9.17) is 4.74 Å². The molecule has 454 valence electrons. The largest absolute Gasteiger partial charge is 1.00 e. The molecule has 2 aliphatic carbocycles. The van der Waals surface area contributed by atoms with E-state index in [-0.39, 0.29) is 90.1 Å². The van der Waals surface area contributed by atoms with Gasteiger partial charge in [0.2, 0.25) is 0 Å². The van der Waals surface area contributed by atoms with Crippen LogP contribution >= 0.6 is 0 Å². The fourth-order valence-corrected chi connectivity index (χ4v) is 11.3. The second-order valence-corrected chi connectivity index (χ2v) is 22.9. The predicted octanol–water partition coefficient (Wildman–Crippen LogP) is 7.70. The fraction of sp³-hybridized carbons (Fsp3) is 0.373. The molecule has 6 aromatic rings. The molecular weight excluding hydrogens is 1120 g/mol. The number of halogens is 6. The van der Waals surface area contributed by atoms with Crippen molar-refractivity contribution in [1.29, 1.82) is 0 Å². The van der Waals surface area contributed by atoms with Crippen molar-refractivity contribution in [3.8, 4) is 0 Å². The van der Waals surface area contributed by atoms with Crippen LogP contribution in [0.1, 0.15) is 110 Å². The average molecular weight is 1190 g/mol. The van der Waals surface area contributed by atoms with E-state index >= 15 is 0 Å². The number of esters is 1. The quantitative estimate of drug-likeness (QED) is 0.0386. The minimum Gasteiger partial charge on any atom is -0.870 e. The molecule has 2 aromatic heterocycles. The summed E-state index contributed by atoms with van der Waals surface area (Å²) in [6.45, 7) is 10.5. The van der Waals surface area contributed by atoms with Crippen molar-refractivity contribution in [2.24, 2.45) is 0 Å². The average Bonchev–Trinajstić information content (AvgIpc) is 2.64. The number of benzene rings is 4. The number of piperazine rings is 2. The third kappa shape index (κ3) is 17.6. The molecule has 0 bridgehead atoms. The molecule has 0 spiro atoms. The number of likely N-dealkylation sites (N-methyl/N-ethyl adjacent to an activating group) is 2. The summed E-state index contributed by atoms with van der Waals surface area (Å²) in [6, 6.07) is 23.5. The Morgan fingerprint density at radius 3 is 1.32 bits per heavy atom. The molecule has 0 unspecified atom stereocenters. The summed E-state index contributed by atoms with van der Waals surface area (Å²) in [7, 11) is 5.36. The number of hydrogen-bond donors (Lipinski definition) is 1. The van der Waals surface area contributed by atoms with E-state index < -0.39 is 29.4 Å². The van der Waals surface area contributed by atoms with Crippen LogP contribution in [0.15, 0.2) is 108 Å². The summed E-state index contributed by atoms with van der Waals surface area (Å²) in [5, 5.41) is 9.25. The zero-order chi connectivity index (χ0) is 60.7. The van der Waals surface area contributed by atoms with Gasteiger partial charge in [-0.25, -0.2) is 9.59 Å². The number of Topliss-reactive ketones (excluding diaryl/α,β-unsaturated/α-hetero) is 2. The first-order valence-electron chi connectivity index (χ1n) is 28.6. The number of carboxylic acids is 1. The molecule has 0 saturated carbocycles. The number of alkyl halides is 6. The van der Waals surface area contributed by atoms with Crippen LogP contribution in [0.4, 0.5) is 26.3 Å². The summed E-state index contributed by atoms with van der Waals surface area (Å²) in [5.74, 6) is -1.99. The van der Waals surface area contributed by atoms with Crippen molar-refractivity contribution in [1.82, 2.24) is 29.6 Å². The molecular formula is C67H71F6LiN6O7. The summed E-state index contributed by atoms with van der Waals surface area (Å²) in [6.07, 6.45) is 1.57. The van der Waals surface area contributed by atoms with Gasteiger partial charge in [0.1, 0.15) is 0 Å². The molecule has 10 rings (SSSR count). The summed E-state index contributed by atoms with van der Waals surface area (Å²) in [4.78, 5) is 66.8. The molecule has 87 heavy (non-hydrogen) atoms. The van der Waals surface area contributed by atoms with Gasteiger partial charge in [0.05, 0.1) is 29.6 Å². The SMILES string of the molecule is COC(=O)C1=Cc2cc(CCc3cc(CC(=O)c4ccc(CN5CCN(C)CC5)c(C(F)(F)F)c4)ccc3C)cnc2C1.Cc1ccc(CC(=O)c2ccc(CN3CCN(C)CC3)c(C(F)(F)F)c2)cc1CCc1cnc2c(c1)C=C(C(=O)O)C2.[Li+].[OH-]. The van der Waals surface area contributed by atoms with Gasteiger partial charge in [-0.05, 0) is 157 Å². The Hall–Kier alpha value is -7.08. The second kappa shape index (κ2) is 29.3. The Labute approximate surface area is 515 Å². The van der Waals surface area contributed by atoms with Gasteiger partial charge < -0.3 is 25.1 Å². The minimum absolute atomic E-state index is 0. The summed E-state index contributed by atoms with van der Waals surface area (Å²) < 4.78 is 89.0. The third-order valence-electron chi connectivity index (χ3n) is 16.6. The van der Waals surface area contributed by atoms with E-state index in [0.717, 1.165) is 105 Å². The molecule has 4 aromatic carbocycles. The van der Waals surface area contributed by atoms with Crippen molar-refractivity contribution in [2.45, 2.75) is 90.7 Å². The van der Waals surface area contributed by atoms with Gasteiger partial charge in [-0.3, -0.25) is 29.4 Å².